The standard InChI is InChI=1S/C20H17BrN2O6/c1-28-17(8-9-18(25)26)19(15-10-13(21)4-7-16(15)24)29-20(27)23-14-5-2-12(11-22)3-6-14/h2-10,17,19,24H,1H3,(H,23,27)(H,25,26)/b9-8+/t17-,19-/m0/s1. The normalized spacial score (nSPS) is 12.7. The number of phenolic OH excluding ortho intramolecular Hbond substituents is 1. The second-order valence-electron chi connectivity index (χ2n) is 5.74. The van der Waals surface area contributed by atoms with Crippen LogP contribution in [-0.2, 0) is 14.3 Å². The summed E-state index contributed by atoms with van der Waals surface area (Å²) in [5.74, 6) is -1.36. The lowest BCUT2D eigenvalue weighted by atomic mass is 10.0. The van der Waals surface area contributed by atoms with Gasteiger partial charge in [-0.25, -0.2) is 9.59 Å². The fourth-order valence-electron chi connectivity index (χ4n) is 2.43. The number of carbonyl (C=O) groups is 2. The van der Waals surface area contributed by atoms with Gasteiger partial charge < -0.3 is 19.7 Å². The van der Waals surface area contributed by atoms with E-state index in [-0.39, 0.29) is 11.3 Å². The summed E-state index contributed by atoms with van der Waals surface area (Å²) in [6.07, 6.45) is -0.921. The van der Waals surface area contributed by atoms with Crippen molar-refractivity contribution in [3.8, 4) is 11.8 Å². The van der Waals surface area contributed by atoms with Crippen LogP contribution in [0.5, 0.6) is 5.75 Å². The Morgan fingerprint density at radius 2 is 1.93 bits per heavy atom. The van der Waals surface area contributed by atoms with E-state index in [1.54, 1.807) is 6.07 Å². The van der Waals surface area contributed by atoms with Crippen molar-refractivity contribution in [1.82, 2.24) is 0 Å². The first-order chi connectivity index (χ1) is 13.8. The molecular weight excluding hydrogens is 444 g/mol. The predicted octanol–water partition coefficient (Wildman–Crippen LogP) is 3.97. The number of amides is 1. The molecule has 0 heterocycles. The first-order valence-electron chi connectivity index (χ1n) is 8.24. The molecule has 2 aromatic carbocycles. The van der Waals surface area contributed by atoms with Crippen LogP contribution in [0.15, 0.2) is 59.1 Å². The Bertz CT molecular complexity index is 952. The monoisotopic (exact) mass is 460 g/mol. The molecule has 0 spiro atoms. The third-order valence-electron chi connectivity index (χ3n) is 3.79. The molecule has 0 aliphatic carbocycles. The molecule has 2 aromatic rings. The first-order valence-corrected chi connectivity index (χ1v) is 9.03. The first kappa shape index (κ1) is 21.9. The van der Waals surface area contributed by atoms with Gasteiger partial charge in [-0.2, -0.15) is 5.26 Å². The highest BCUT2D eigenvalue weighted by Gasteiger charge is 2.28. The van der Waals surface area contributed by atoms with E-state index in [9.17, 15) is 14.7 Å². The number of benzene rings is 2. The Morgan fingerprint density at radius 1 is 1.24 bits per heavy atom. The zero-order valence-corrected chi connectivity index (χ0v) is 16.8. The molecule has 2 rings (SSSR count). The number of hydrogen-bond acceptors (Lipinski definition) is 6. The maximum absolute atomic E-state index is 12.4. The quantitative estimate of drug-likeness (QED) is 0.532. The molecule has 0 unspecified atom stereocenters. The second-order valence-corrected chi connectivity index (χ2v) is 6.66. The highest BCUT2D eigenvalue weighted by Crippen LogP contribution is 2.34. The number of phenols is 1. The van der Waals surface area contributed by atoms with Gasteiger partial charge >= 0.3 is 12.1 Å². The van der Waals surface area contributed by atoms with Gasteiger partial charge in [0.2, 0.25) is 0 Å². The number of nitrogens with zero attached hydrogens (tertiary/aromatic N) is 1. The van der Waals surface area contributed by atoms with E-state index in [1.165, 1.54) is 49.6 Å². The molecule has 1 amide bonds. The number of anilines is 1. The van der Waals surface area contributed by atoms with Crippen LogP contribution in [0.1, 0.15) is 17.2 Å². The highest BCUT2D eigenvalue weighted by molar-refractivity contribution is 9.10. The van der Waals surface area contributed by atoms with Gasteiger partial charge in [0.1, 0.15) is 11.9 Å². The van der Waals surface area contributed by atoms with Crippen molar-refractivity contribution in [3.63, 3.8) is 0 Å². The maximum Gasteiger partial charge on any atom is 0.412 e. The predicted molar refractivity (Wildman–Crippen MR) is 107 cm³/mol. The van der Waals surface area contributed by atoms with Crippen LogP contribution >= 0.6 is 15.9 Å². The Morgan fingerprint density at radius 3 is 2.52 bits per heavy atom. The number of ether oxygens (including phenoxy) is 2. The topological polar surface area (TPSA) is 129 Å². The van der Waals surface area contributed by atoms with Crippen LogP contribution in [0.3, 0.4) is 0 Å². The number of nitrogens with one attached hydrogen (secondary N) is 1. The molecule has 29 heavy (non-hydrogen) atoms. The zero-order chi connectivity index (χ0) is 21.4. The van der Waals surface area contributed by atoms with Gasteiger partial charge in [0, 0.05) is 28.9 Å². The van der Waals surface area contributed by atoms with Crippen LogP contribution in [-0.4, -0.2) is 35.5 Å². The van der Waals surface area contributed by atoms with Crippen molar-refractivity contribution in [1.29, 1.82) is 5.26 Å². The van der Waals surface area contributed by atoms with E-state index in [1.807, 2.05) is 6.07 Å². The summed E-state index contributed by atoms with van der Waals surface area (Å²) in [6, 6.07) is 12.6. The number of methoxy groups -OCH3 is 1. The maximum atomic E-state index is 12.4. The van der Waals surface area contributed by atoms with Crippen LogP contribution in [0.25, 0.3) is 0 Å². The molecule has 0 aliphatic rings. The lowest BCUT2D eigenvalue weighted by Crippen LogP contribution is -2.27. The number of rotatable bonds is 7. The third kappa shape index (κ3) is 6.34. The van der Waals surface area contributed by atoms with Crippen LogP contribution in [0, 0.1) is 11.3 Å². The molecular formula is C20H17BrN2O6. The largest absolute Gasteiger partial charge is 0.508 e. The van der Waals surface area contributed by atoms with E-state index < -0.39 is 24.3 Å². The van der Waals surface area contributed by atoms with E-state index in [4.69, 9.17) is 19.8 Å². The van der Waals surface area contributed by atoms with Gasteiger partial charge in [0.25, 0.3) is 0 Å². The molecule has 8 nitrogen and oxygen atoms in total. The number of carboxylic acid groups (broad SMARTS) is 1. The summed E-state index contributed by atoms with van der Waals surface area (Å²) >= 11 is 3.28. The molecule has 2 atom stereocenters. The molecule has 0 aliphatic heterocycles. The molecule has 3 N–H and O–H groups in total. The third-order valence-corrected chi connectivity index (χ3v) is 4.28. The average molecular weight is 461 g/mol. The van der Waals surface area contributed by atoms with Crippen molar-refractivity contribution in [3.05, 3.63) is 70.2 Å². The Balaban J connectivity index is 2.30. The minimum Gasteiger partial charge on any atom is -0.508 e. The molecule has 0 saturated carbocycles. The van der Waals surface area contributed by atoms with Crippen LogP contribution in [0.4, 0.5) is 10.5 Å². The van der Waals surface area contributed by atoms with Crippen LogP contribution in [0.2, 0.25) is 0 Å². The molecule has 150 valence electrons. The van der Waals surface area contributed by atoms with Crippen molar-refractivity contribution in [2.24, 2.45) is 0 Å². The van der Waals surface area contributed by atoms with Gasteiger partial charge in [-0.3, -0.25) is 5.32 Å². The molecule has 9 heteroatoms. The molecule has 0 bridgehead atoms. The smallest absolute Gasteiger partial charge is 0.412 e. The van der Waals surface area contributed by atoms with Gasteiger partial charge in [-0.15, -0.1) is 0 Å². The summed E-state index contributed by atoms with van der Waals surface area (Å²) in [5.41, 5.74) is 1.04. The van der Waals surface area contributed by atoms with Crippen LogP contribution < -0.4 is 5.32 Å². The lowest BCUT2D eigenvalue weighted by Gasteiger charge is -2.25. The molecule has 0 saturated heterocycles. The SMILES string of the molecule is CO[C@@H](/C=C/C(=O)O)[C@@H](OC(=O)Nc1ccc(C#N)cc1)c1cc(Br)ccc1O. The van der Waals surface area contributed by atoms with Crippen molar-refractivity contribution < 1.29 is 29.3 Å². The Labute approximate surface area is 175 Å². The molecule has 0 fully saturated rings. The van der Waals surface area contributed by atoms with Gasteiger partial charge in [0.15, 0.2) is 6.10 Å². The fourth-order valence-corrected chi connectivity index (χ4v) is 2.81. The number of carbonyl (C=O) groups excluding carboxylic acids is 1. The molecule has 0 radical (unpaired) electrons. The number of carboxylic acids is 1. The van der Waals surface area contributed by atoms with E-state index in [2.05, 4.69) is 21.2 Å². The summed E-state index contributed by atoms with van der Waals surface area (Å²) in [6.45, 7) is 0. The van der Waals surface area contributed by atoms with Crippen molar-refractivity contribution >= 4 is 33.7 Å². The minimum absolute atomic E-state index is 0.157. The summed E-state index contributed by atoms with van der Waals surface area (Å²) < 4.78 is 11.3. The summed E-state index contributed by atoms with van der Waals surface area (Å²) in [5, 5.41) is 30.5. The van der Waals surface area contributed by atoms with Gasteiger partial charge in [-0.05, 0) is 48.5 Å². The Kier molecular flexibility index (Phi) is 7.77. The van der Waals surface area contributed by atoms with E-state index in [0.717, 1.165) is 6.08 Å². The van der Waals surface area contributed by atoms with Gasteiger partial charge in [-0.1, -0.05) is 15.9 Å². The average Bonchev–Trinajstić information content (AvgIpc) is 2.69. The number of halogens is 1. The highest BCUT2D eigenvalue weighted by atomic mass is 79.9. The minimum atomic E-state index is -1.20. The number of hydrogen-bond donors (Lipinski definition) is 3. The summed E-state index contributed by atoms with van der Waals surface area (Å²) in [4.78, 5) is 23.3. The van der Waals surface area contributed by atoms with E-state index in [0.29, 0.717) is 15.7 Å². The Hall–Kier alpha value is -3.35. The second kappa shape index (κ2) is 10.3. The molecule has 0 aromatic heterocycles. The zero-order valence-electron chi connectivity index (χ0n) is 15.2. The van der Waals surface area contributed by atoms with Crippen molar-refractivity contribution in [2.75, 3.05) is 12.4 Å². The summed E-state index contributed by atoms with van der Waals surface area (Å²) in [7, 11) is 1.32. The number of nitriles is 1. The number of aromatic hydroxyl groups is 1. The number of aliphatic carboxylic acids is 1. The van der Waals surface area contributed by atoms with E-state index >= 15 is 0 Å². The fraction of sp³-hybridized carbons (Fsp3) is 0.150. The van der Waals surface area contributed by atoms with Gasteiger partial charge in [0.05, 0.1) is 11.6 Å². The van der Waals surface area contributed by atoms with Crippen molar-refractivity contribution in [2.45, 2.75) is 12.2 Å². The lowest BCUT2D eigenvalue weighted by molar-refractivity contribution is -0.131.